The van der Waals surface area contributed by atoms with E-state index in [2.05, 4.69) is 10.6 Å². The molecule has 2 N–H and O–H groups in total. The third-order valence-corrected chi connectivity index (χ3v) is 4.89. The smallest absolute Gasteiger partial charge is 0.220 e. The lowest BCUT2D eigenvalue weighted by atomic mass is 10.1. The van der Waals surface area contributed by atoms with Crippen LogP contribution in [0.25, 0.3) is 0 Å². The van der Waals surface area contributed by atoms with Crippen molar-refractivity contribution in [2.75, 3.05) is 13.1 Å². The van der Waals surface area contributed by atoms with Crippen LogP contribution in [0.3, 0.4) is 0 Å². The quantitative estimate of drug-likeness (QED) is 0.581. The van der Waals surface area contributed by atoms with Gasteiger partial charge in [-0.05, 0) is 42.5 Å². The second-order valence-corrected chi connectivity index (χ2v) is 7.05. The molecular formula is C21H24Cl2N2O2. The largest absolute Gasteiger partial charge is 0.356 e. The Bertz CT molecular complexity index is 702. The van der Waals surface area contributed by atoms with Crippen molar-refractivity contribution in [1.29, 1.82) is 0 Å². The van der Waals surface area contributed by atoms with Gasteiger partial charge in [0, 0.05) is 36.0 Å². The van der Waals surface area contributed by atoms with E-state index < -0.39 is 0 Å². The number of hydrogen-bond donors (Lipinski definition) is 2. The van der Waals surface area contributed by atoms with Gasteiger partial charge in [0.15, 0.2) is 0 Å². The van der Waals surface area contributed by atoms with Gasteiger partial charge < -0.3 is 10.6 Å². The third kappa shape index (κ3) is 8.02. The summed E-state index contributed by atoms with van der Waals surface area (Å²) in [6, 6.07) is 15.1. The van der Waals surface area contributed by atoms with Crippen molar-refractivity contribution in [1.82, 2.24) is 10.6 Å². The first-order chi connectivity index (χ1) is 13.1. The normalized spacial score (nSPS) is 10.4. The molecule has 4 nitrogen and oxygen atoms in total. The zero-order chi connectivity index (χ0) is 19.5. The van der Waals surface area contributed by atoms with Crippen LogP contribution < -0.4 is 10.6 Å². The predicted molar refractivity (Wildman–Crippen MR) is 110 cm³/mol. The van der Waals surface area contributed by atoms with Crippen LogP contribution in [0.1, 0.15) is 30.4 Å². The average molecular weight is 407 g/mol. The fourth-order valence-corrected chi connectivity index (χ4v) is 3.08. The summed E-state index contributed by atoms with van der Waals surface area (Å²) in [6.45, 7) is 1.07. The molecular weight excluding hydrogens is 383 g/mol. The Hall–Kier alpha value is -2.04. The fraction of sp³-hybridized carbons (Fsp3) is 0.333. The van der Waals surface area contributed by atoms with Gasteiger partial charge in [-0.25, -0.2) is 0 Å². The standard InChI is InChI=1S/C21H24Cl2N2O2/c22-18-8-3-1-6-16(18)10-12-20(26)24-14-5-15-25-21(27)13-11-17-7-2-4-9-19(17)23/h1-4,6-9H,5,10-15H2,(H,24,26)(H,25,27). The molecule has 0 aliphatic rings. The maximum atomic E-state index is 11.9. The molecule has 0 heterocycles. The fourth-order valence-electron chi connectivity index (χ4n) is 2.62. The molecule has 2 rings (SSSR count). The lowest BCUT2D eigenvalue weighted by Gasteiger charge is -2.08. The Morgan fingerprint density at radius 1 is 0.704 bits per heavy atom. The molecule has 27 heavy (non-hydrogen) atoms. The number of carbonyl (C=O) groups excluding carboxylic acids is 2. The SMILES string of the molecule is O=C(CCc1ccccc1Cl)NCCCNC(=O)CCc1ccccc1Cl. The molecule has 0 aromatic heterocycles. The molecule has 0 fully saturated rings. The van der Waals surface area contributed by atoms with E-state index in [0.29, 0.717) is 55.2 Å². The van der Waals surface area contributed by atoms with Crippen molar-refractivity contribution >= 4 is 35.0 Å². The minimum absolute atomic E-state index is 0.0139. The lowest BCUT2D eigenvalue weighted by molar-refractivity contribution is -0.121. The molecule has 0 saturated carbocycles. The molecule has 0 unspecified atom stereocenters. The first kappa shape index (κ1) is 21.3. The summed E-state index contributed by atoms with van der Waals surface area (Å²) in [5.41, 5.74) is 1.94. The zero-order valence-corrected chi connectivity index (χ0v) is 16.7. The van der Waals surface area contributed by atoms with E-state index in [1.165, 1.54) is 0 Å². The average Bonchev–Trinajstić information content (AvgIpc) is 2.66. The molecule has 0 radical (unpaired) electrons. The number of hydrogen-bond acceptors (Lipinski definition) is 2. The number of rotatable bonds is 10. The molecule has 144 valence electrons. The number of carbonyl (C=O) groups is 2. The van der Waals surface area contributed by atoms with Gasteiger partial charge in [-0.1, -0.05) is 59.6 Å². The van der Waals surface area contributed by atoms with Gasteiger partial charge in [-0.3, -0.25) is 9.59 Å². The molecule has 2 amide bonds. The second kappa shape index (κ2) is 11.6. The maximum absolute atomic E-state index is 11.9. The first-order valence-electron chi connectivity index (χ1n) is 9.06. The van der Waals surface area contributed by atoms with Crippen LogP contribution in [0.2, 0.25) is 10.0 Å². The first-order valence-corrected chi connectivity index (χ1v) is 9.82. The topological polar surface area (TPSA) is 58.2 Å². The molecule has 2 aromatic rings. The number of aryl methyl sites for hydroxylation is 2. The highest BCUT2D eigenvalue weighted by Gasteiger charge is 2.06. The summed E-state index contributed by atoms with van der Waals surface area (Å²) in [7, 11) is 0. The van der Waals surface area contributed by atoms with Crippen LogP contribution >= 0.6 is 23.2 Å². The zero-order valence-electron chi connectivity index (χ0n) is 15.1. The van der Waals surface area contributed by atoms with Gasteiger partial charge in [0.25, 0.3) is 0 Å². The summed E-state index contributed by atoms with van der Waals surface area (Å²) in [5, 5.41) is 7.09. The van der Waals surface area contributed by atoms with Crippen LogP contribution in [0.5, 0.6) is 0 Å². The molecule has 0 spiro atoms. The highest BCUT2D eigenvalue weighted by atomic mass is 35.5. The molecule has 0 bridgehead atoms. The van der Waals surface area contributed by atoms with E-state index in [1.807, 2.05) is 48.5 Å². The molecule has 6 heteroatoms. The summed E-state index contributed by atoms with van der Waals surface area (Å²) in [5.74, 6) is -0.0278. The van der Waals surface area contributed by atoms with E-state index in [9.17, 15) is 9.59 Å². The summed E-state index contributed by atoms with van der Waals surface area (Å²) in [6.07, 6.45) is 2.71. The van der Waals surface area contributed by atoms with Crippen molar-refractivity contribution < 1.29 is 9.59 Å². The molecule has 0 saturated heterocycles. The Morgan fingerprint density at radius 3 is 1.52 bits per heavy atom. The molecule has 0 atom stereocenters. The number of nitrogens with one attached hydrogen (secondary N) is 2. The van der Waals surface area contributed by atoms with E-state index in [4.69, 9.17) is 23.2 Å². The van der Waals surface area contributed by atoms with Crippen molar-refractivity contribution in [3.63, 3.8) is 0 Å². The monoisotopic (exact) mass is 406 g/mol. The van der Waals surface area contributed by atoms with Crippen molar-refractivity contribution in [3.8, 4) is 0 Å². The molecule has 2 aromatic carbocycles. The lowest BCUT2D eigenvalue weighted by Crippen LogP contribution is -2.30. The van der Waals surface area contributed by atoms with Crippen LogP contribution in [-0.2, 0) is 22.4 Å². The minimum Gasteiger partial charge on any atom is -0.356 e. The third-order valence-electron chi connectivity index (χ3n) is 4.16. The predicted octanol–water partition coefficient (Wildman–Crippen LogP) is 4.18. The van der Waals surface area contributed by atoms with E-state index in [0.717, 1.165) is 11.1 Å². The van der Waals surface area contributed by atoms with Gasteiger partial charge in [0.2, 0.25) is 11.8 Å². The molecule has 0 aliphatic heterocycles. The maximum Gasteiger partial charge on any atom is 0.220 e. The van der Waals surface area contributed by atoms with Crippen molar-refractivity contribution in [2.45, 2.75) is 32.1 Å². The number of amides is 2. The van der Waals surface area contributed by atoms with E-state index in [1.54, 1.807) is 0 Å². The Balaban J connectivity index is 1.53. The number of halogens is 2. The van der Waals surface area contributed by atoms with Gasteiger partial charge in [-0.2, -0.15) is 0 Å². The van der Waals surface area contributed by atoms with E-state index >= 15 is 0 Å². The highest BCUT2D eigenvalue weighted by Crippen LogP contribution is 2.17. The van der Waals surface area contributed by atoms with Gasteiger partial charge >= 0.3 is 0 Å². The van der Waals surface area contributed by atoms with Crippen LogP contribution in [0, 0.1) is 0 Å². The minimum atomic E-state index is -0.0139. The summed E-state index contributed by atoms with van der Waals surface area (Å²) in [4.78, 5) is 23.7. The molecule has 0 aliphatic carbocycles. The highest BCUT2D eigenvalue weighted by molar-refractivity contribution is 6.31. The van der Waals surface area contributed by atoms with E-state index in [-0.39, 0.29) is 11.8 Å². The van der Waals surface area contributed by atoms with Crippen molar-refractivity contribution in [3.05, 3.63) is 69.7 Å². The second-order valence-electron chi connectivity index (χ2n) is 6.24. The summed E-state index contributed by atoms with van der Waals surface area (Å²) < 4.78 is 0. The Labute approximate surface area is 170 Å². The van der Waals surface area contributed by atoms with Crippen LogP contribution in [0.15, 0.2) is 48.5 Å². The van der Waals surface area contributed by atoms with Crippen LogP contribution in [0.4, 0.5) is 0 Å². The number of benzene rings is 2. The van der Waals surface area contributed by atoms with Crippen LogP contribution in [-0.4, -0.2) is 24.9 Å². The summed E-state index contributed by atoms with van der Waals surface area (Å²) >= 11 is 12.2. The van der Waals surface area contributed by atoms with Gasteiger partial charge in [-0.15, -0.1) is 0 Å². The Kier molecular flexibility index (Phi) is 9.16. The van der Waals surface area contributed by atoms with Gasteiger partial charge in [0.05, 0.1) is 0 Å². The van der Waals surface area contributed by atoms with Gasteiger partial charge in [0.1, 0.15) is 0 Å². The Morgan fingerprint density at radius 2 is 1.11 bits per heavy atom. The van der Waals surface area contributed by atoms with Crippen molar-refractivity contribution in [2.24, 2.45) is 0 Å².